The van der Waals surface area contributed by atoms with Gasteiger partial charge in [0, 0.05) is 0 Å². The standard InChI is InChI=1S/C10H10O4/c11-8-3-1-2-7(4-8)9-5-13-6-10(12)14-9/h1-4,9,11H,5-6H2. The van der Waals surface area contributed by atoms with E-state index in [9.17, 15) is 9.90 Å². The third-order valence-corrected chi connectivity index (χ3v) is 2.00. The van der Waals surface area contributed by atoms with E-state index in [2.05, 4.69) is 0 Å². The van der Waals surface area contributed by atoms with Gasteiger partial charge in [-0.2, -0.15) is 0 Å². The molecule has 14 heavy (non-hydrogen) atoms. The maximum absolute atomic E-state index is 10.9. The fourth-order valence-corrected chi connectivity index (χ4v) is 1.37. The first-order chi connectivity index (χ1) is 6.75. The first-order valence-corrected chi connectivity index (χ1v) is 4.32. The summed E-state index contributed by atoms with van der Waals surface area (Å²) in [6, 6.07) is 6.61. The summed E-state index contributed by atoms with van der Waals surface area (Å²) in [4.78, 5) is 10.9. The Morgan fingerprint density at radius 3 is 3.00 bits per heavy atom. The SMILES string of the molecule is O=C1COCC(c2cccc(O)c2)O1. The Balaban J connectivity index is 2.17. The number of benzene rings is 1. The van der Waals surface area contributed by atoms with Gasteiger partial charge in [0.05, 0.1) is 6.61 Å². The van der Waals surface area contributed by atoms with E-state index < -0.39 is 6.10 Å². The maximum atomic E-state index is 10.9. The second-order valence-electron chi connectivity index (χ2n) is 3.09. The largest absolute Gasteiger partial charge is 0.508 e. The van der Waals surface area contributed by atoms with Gasteiger partial charge in [0.1, 0.15) is 12.4 Å². The van der Waals surface area contributed by atoms with Crippen molar-refractivity contribution in [3.63, 3.8) is 0 Å². The lowest BCUT2D eigenvalue weighted by molar-refractivity contribution is -0.170. The number of ether oxygens (including phenoxy) is 2. The molecule has 1 aliphatic heterocycles. The number of carbonyl (C=O) groups excluding carboxylic acids is 1. The van der Waals surface area contributed by atoms with Gasteiger partial charge >= 0.3 is 5.97 Å². The number of carbonyl (C=O) groups is 1. The van der Waals surface area contributed by atoms with Crippen LogP contribution in [0.1, 0.15) is 11.7 Å². The number of rotatable bonds is 1. The number of esters is 1. The lowest BCUT2D eigenvalue weighted by Gasteiger charge is -2.22. The minimum absolute atomic E-state index is 0.00924. The number of phenols is 1. The van der Waals surface area contributed by atoms with Gasteiger partial charge in [-0.05, 0) is 17.7 Å². The van der Waals surface area contributed by atoms with E-state index in [1.165, 1.54) is 0 Å². The van der Waals surface area contributed by atoms with Crippen LogP contribution in [-0.2, 0) is 14.3 Å². The van der Waals surface area contributed by atoms with Crippen LogP contribution in [0.3, 0.4) is 0 Å². The summed E-state index contributed by atoms with van der Waals surface area (Å²) >= 11 is 0. The summed E-state index contributed by atoms with van der Waals surface area (Å²) in [5.41, 5.74) is 0.748. The molecule has 0 aromatic heterocycles. The van der Waals surface area contributed by atoms with Gasteiger partial charge in [0.15, 0.2) is 6.10 Å². The summed E-state index contributed by atoms with van der Waals surface area (Å²) in [5, 5.41) is 9.23. The van der Waals surface area contributed by atoms with E-state index in [4.69, 9.17) is 9.47 Å². The van der Waals surface area contributed by atoms with E-state index in [1.54, 1.807) is 24.3 Å². The van der Waals surface area contributed by atoms with E-state index in [-0.39, 0.29) is 18.3 Å². The minimum Gasteiger partial charge on any atom is -0.508 e. The van der Waals surface area contributed by atoms with Gasteiger partial charge in [-0.1, -0.05) is 12.1 Å². The van der Waals surface area contributed by atoms with Crippen LogP contribution in [0, 0.1) is 0 Å². The van der Waals surface area contributed by atoms with Crippen LogP contribution >= 0.6 is 0 Å². The monoisotopic (exact) mass is 194 g/mol. The van der Waals surface area contributed by atoms with Gasteiger partial charge < -0.3 is 14.6 Å². The average molecular weight is 194 g/mol. The molecule has 4 nitrogen and oxygen atoms in total. The molecule has 1 aromatic carbocycles. The molecule has 1 heterocycles. The van der Waals surface area contributed by atoms with E-state index in [1.807, 2.05) is 0 Å². The normalized spacial score (nSPS) is 21.7. The van der Waals surface area contributed by atoms with Crippen LogP contribution in [0.5, 0.6) is 5.75 Å². The molecule has 0 saturated carbocycles. The molecule has 1 saturated heterocycles. The second-order valence-corrected chi connectivity index (χ2v) is 3.09. The first-order valence-electron chi connectivity index (χ1n) is 4.32. The lowest BCUT2D eigenvalue weighted by atomic mass is 10.1. The maximum Gasteiger partial charge on any atom is 0.332 e. The molecule has 0 bridgehead atoms. The first kappa shape index (κ1) is 9.02. The summed E-state index contributed by atoms with van der Waals surface area (Å²) in [6.45, 7) is 0.352. The molecule has 1 aliphatic rings. The molecule has 1 unspecified atom stereocenters. The van der Waals surface area contributed by atoms with Crippen LogP contribution in [0.2, 0.25) is 0 Å². The molecule has 0 radical (unpaired) electrons. The zero-order chi connectivity index (χ0) is 9.97. The highest BCUT2D eigenvalue weighted by molar-refractivity contribution is 5.71. The topological polar surface area (TPSA) is 55.8 Å². The fourth-order valence-electron chi connectivity index (χ4n) is 1.37. The van der Waals surface area contributed by atoms with Crippen molar-refractivity contribution in [1.29, 1.82) is 0 Å². The third-order valence-electron chi connectivity index (χ3n) is 2.00. The molecule has 1 aromatic rings. The Morgan fingerprint density at radius 2 is 2.29 bits per heavy atom. The highest BCUT2D eigenvalue weighted by Crippen LogP contribution is 2.23. The molecule has 74 valence electrons. The molecule has 1 fully saturated rings. The van der Waals surface area contributed by atoms with Crippen LogP contribution in [0.25, 0.3) is 0 Å². The Morgan fingerprint density at radius 1 is 1.43 bits per heavy atom. The van der Waals surface area contributed by atoms with Gasteiger partial charge in [-0.25, -0.2) is 4.79 Å². The van der Waals surface area contributed by atoms with Crippen molar-refractivity contribution < 1.29 is 19.4 Å². The van der Waals surface area contributed by atoms with E-state index >= 15 is 0 Å². The lowest BCUT2D eigenvalue weighted by Crippen LogP contribution is -2.26. The Labute approximate surface area is 81.1 Å². The Bertz CT molecular complexity index is 348. The van der Waals surface area contributed by atoms with Gasteiger partial charge in [-0.15, -0.1) is 0 Å². The minimum atomic E-state index is -0.400. The molecular formula is C10H10O4. The molecule has 4 heteroatoms. The quantitative estimate of drug-likeness (QED) is 0.678. The molecule has 0 spiro atoms. The summed E-state index contributed by atoms with van der Waals surface area (Å²) in [7, 11) is 0. The average Bonchev–Trinajstić information content (AvgIpc) is 2.18. The summed E-state index contributed by atoms with van der Waals surface area (Å²) in [6.07, 6.45) is -0.400. The van der Waals surface area contributed by atoms with Crippen LogP contribution in [0.4, 0.5) is 0 Å². The van der Waals surface area contributed by atoms with Crippen molar-refractivity contribution >= 4 is 5.97 Å². The highest BCUT2D eigenvalue weighted by Gasteiger charge is 2.22. The molecule has 1 atom stereocenters. The van der Waals surface area contributed by atoms with Crippen molar-refractivity contribution in [1.82, 2.24) is 0 Å². The third kappa shape index (κ3) is 1.85. The number of aromatic hydroxyl groups is 1. The Kier molecular flexibility index (Phi) is 2.37. The molecule has 0 amide bonds. The van der Waals surface area contributed by atoms with Crippen molar-refractivity contribution in [3.8, 4) is 5.75 Å². The second kappa shape index (κ2) is 3.67. The van der Waals surface area contributed by atoms with Crippen molar-refractivity contribution in [2.24, 2.45) is 0 Å². The smallest absolute Gasteiger partial charge is 0.332 e. The van der Waals surface area contributed by atoms with Crippen molar-refractivity contribution in [2.75, 3.05) is 13.2 Å². The predicted octanol–water partition coefficient (Wildman–Crippen LogP) is 1.01. The summed E-state index contributed by atoms with van der Waals surface area (Å²) < 4.78 is 10.1. The summed E-state index contributed by atoms with van der Waals surface area (Å²) in [5.74, 6) is -0.214. The number of phenolic OH excluding ortho intramolecular Hbond substituents is 1. The molecular weight excluding hydrogens is 184 g/mol. The van der Waals surface area contributed by atoms with Gasteiger partial charge in [0.25, 0.3) is 0 Å². The molecule has 0 aliphatic carbocycles. The van der Waals surface area contributed by atoms with Crippen LogP contribution < -0.4 is 0 Å². The molecule has 2 rings (SSSR count). The van der Waals surface area contributed by atoms with Crippen LogP contribution in [-0.4, -0.2) is 24.3 Å². The number of cyclic esters (lactones) is 1. The zero-order valence-electron chi connectivity index (χ0n) is 7.47. The number of hydrogen-bond acceptors (Lipinski definition) is 4. The van der Waals surface area contributed by atoms with Gasteiger partial charge in [0.2, 0.25) is 0 Å². The zero-order valence-corrected chi connectivity index (χ0v) is 7.47. The van der Waals surface area contributed by atoms with Crippen molar-refractivity contribution in [2.45, 2.75) is 6.10 Å². The predicted molar refractivity (Wildman–Crippen MR) is 47.8 cm³/mol. The Hall–Kier alpha value is -1.55. The van der Waals surface area contributed by atoms with Crippen LogP contribution in [0.15, 0.2) is 24.3 Å². The van der Waals surface area contributed by atoms with E-state index in [0.29, 0.717) is 6.61 Å². The van der Waals surface area contributed by atoms with Gasteiger partial charge in [-0.3, -0.25) is 0 Å². The van der Waals surface area contributed by atoms with Crippen molar-refractivity contribution in [3.05, 3.63) is 29.8 Å². The highest BCUT2D eigenvalue weighted by atomic mass is 16.6. The fraction of sp³-hybridized carbons (Fsp3) is 0.300. The number of hydrogen-bond donors (Lipinski definition) is 1. The van der Waals surface area contributed by atoms with E-state index in [0.717, 1.165) is 5.56 Å². The molecule has 1 N–H and O–H groups in total.